The maximum Gasteiger partial charge on any atom is 0.410 e. The molecule has 13 atom stereocenters. The minimum absolute atomic E-state index is 0.182. The summed E-state index contributed by atoms with van der Waals surface area (Å²) in [5.41, 5.74) is -0.309. The monoisotopic (exact) mass is 713 g/mol. The van der Waals surface area contributed by atoms with Gasteiger partial charge in [-0.3, -0.25) is 19.5 Å². The van der Waals surface area contributed by atoms with E-state index >= 15 is 0 Å². The van der Waals surface area contributed by atoms with Gasteiger partial charge >= 0.3 is 12.1 Å². The third kappa shape index (κ3) is 7.90. The highest BCUT2D eigenvalue weighted by molar-refractivity contribution is 6.00. The number of aliphatic hydroxyl groups excluding tert-OH is 1. The number of aliphatic hydroxyl groups is 1. The second kappa shape index (κ2) is 15.6. The first-order valence-electron chi connectivity index (χ1n) is 18.6. The van der Waals surface area contributed by atoms with Crippen LogP contribution >= 0.6 is 0 Å². The van der Waals surface area contributed by atoms with Crippen molar-refractivity contribution in [1.29, 1.82) is 0 Å². The predicted octanol–water partition coefficient (Wildman–Crippen LogP) is 4.30. The van der Waals surface area contributed by atoms with Crippen molar-refractivity contribution >= 4 is 23.6 Å². The van der Waals surface area contributed by atoms with Crippen LogP contribution in [0.4, 0.5) is 4.79 Å². The van der Waals surface area contributed by atoms with Crippen LogP contribution in [0.3, 0.4) is 0 Å². The summed E-state index contributed by atoms with van der Waals surface area (Å²) in [5, 5.41) is 11.6. The molecule has 12 heteroatoms. The van der Waals surface area contributed by atoms with Crippen LogP contribution in [-0.2, 0) is 39.7 Å². The zero-order valence-corrected chi connectivity index (χ0v) is 32.0. The molecule has 12 nitrogen and oxygen atoms in total. The summed E-state index contributed by atoms with van der Waals surface area (Å²) in [6, 6.07) is 9.32. The summed E-state index contributed by atoms with van der Waals surface area (Å²) in [4.78, 5) is 50.2. The number of hydrogen-bond acceptors (Lipinski definition) is 11. The van der Waals surface area contributed by atoms with E-state index in [0.29, 0.717) is 39.0 Å². The number of amides is 1. The van der Waals surface area contributed by atoms with Crippen molar-refractivity contribution in [1.82, 2.24) is 9.80 Å². The highest BCUT2D eigenvalue weighted by Crippen LogP contribution is 2.43. The molecule has 4 aliphatic heterocycles. The van der Waals surface area contributed by atoms with E-state index < -0.39 is 65.7 Å². The summed E-state index contributed by atoms with van der Waals surface area (Å²) < 4.78 is 32.0. The Hall–Kier alpha value is -2.90. The van der Waals surface area contributed by atoms with Gasteiger partial charge < -0.3 is 33.7 Å². The van der Waals surface area contributed by atoms with Gasteiger partial charge in [-0.15, -0.1) is 0 Å². The maximum atomic E-state index is 14.4. The van der Waals surface area contributed by atoms with Crippen LogP contribution in [0.15, 0.2) is 35.3 Å². The molecule has 3 fully saturated rings. The number of ketones is 1. The molecule has 4 heterocycles. The van der Waals surface area contributed by atoms with E-state index in [4.69, 9.17) is 28.7 Å². The molecule has 1 amide bonds. The molecule has 0 aliphatic carbocycles. The zero-order chi connectivity index (χ0) is 37.4. The number of carbonyl (C=O) groups is 3. The molecule has 0 radical (unpaired) electrons. The molecule has 284 valence electrons. The highest BCUT2D eigenvalue weighted by Gasteiger charge is 2.59. The van der Waals surface area contributed by atoms with Crippen LogP contribution in [0.1, 0.15) is 73.8 Å². The van der Waals surface area contributed by atoms with Gasteiger partial charge in [-0.1, -0.05) is 51.1 Å². The van der Waals surface area contributed by atoms with Gasteiger partial charge in [-0.2, -0.15) is 0 Å². The van der Waals surface area contributed by atoms with Crippen LogP contribution in [0.25, 0.3) is 0 Å². The fraction of sp³-hybridized carbons (Fsp3) is 0.744. The summed E-state index contributed by atoms with van der Waals surface area (Å²) >= 11 is 0. The van der Waals surface area contributed by atoms with Gasteiger partial charge in [0.25, 0.3) is 0 Å². The maximum absolute atomic E-state index is 14.4. The van der Waals surface area contributed by atoms with Crippen molar-refractivity contribution in [3.63, 3.8) is 0 Å². The molecule has 5 rings (SSSR count). The third-order valence-electron chi connectivity index (χ3n) is 11.9. The second-order valence-corrected chi connectivity index (χ2v) is 15.9. The number of Topliss-reactive ketones (excluding diaryl/α,β-unsaturated/α-hetero) is 1. The minimum Gasteiger partial charge on any atom is -0.458 e. The fourth-order valence-corrected chi connectivity index (χ4v) is 8.91. The molecule has 1 aromatic carbocycles. The molecular weight excluding hydrogens is 654 g/mol. The molecule has 1 N–H and O–H groups in total. The standard InChI is InChI=1S/C39H59N3O9/c1-22-21-38(7,47-19-16-28-14-12-11-13-15-28)34(50-36-32(44)29(41(9)10)20-23(2)48-36)25(4)31(43)26(5)35(45)49-27(6)39(8)33-24(3)30(22)40-17-18-42(33)37(46)51-39/h11-15,22-27,29,32-34,36,44H,16-21H2,1-10H3/t22-,23+,24+,25+,26-,27-,29-,32+,33?,34-,36?,38+,39-/m1/s1. The van der Waals surface area contributed by atoms with Crippen LogP contribution in [-0.4, -0.2) is 126 Å². The number of esters is 1. The lowest BCUT2D eigenvalue weighted by Gasteiger charge is -2.47. The summed E-state index contributed by atoms with van der Waals surface area (Å²) in [6.45, 7) is 15.9. The van der Waals surface area contributed by atoms with E-state index in [1.165, 1.54) is 6.92 Å². The number of hydrogen-bond donors (Lipinski definition) is 1. The van der Waals surface area contributed by atoms with Gasteiger partial charge in [-0.05, 0) is 79.5 Å². The largest absolute Gasteiger partial charge is 0.458 e. The third-order valence-corrected chi connectivity index (χ3v) is 11.9. The Bertz CT molecular complexity index is 1440. The molecule has 2 unspecified atom stereocenters. The van der Waals surface area contributed by atoms with Gasteiger partial charge in [0.1, 0.15) is 18.1 Å². The molecular formula is C39H59N3O9. The Balaban J connectivity index is 1.59. The van der Waals surface area contributed by atoms with Crippen molar-refractivity contribution in [2.75, 3.05) is 33.8 Å². The minimum atomic E-state index is -1.18. The van der Waals surface area contributed by atoms with Crippen LogP contribution in [0.5, 0.6) is 0 Å². The Morgan fingerprint density at radius 2 is 1.71 bits per heavy atom. The molecule has 0 saturated carbocycles. The topological polar surface area (TPSA) is 136 Å². The number of rotatable bonds is 7. The number of carbonyl (C=O) groups excluding carboxylic acids is 3. The first kappa shape index (κ1) is 39.3. The van der Waals surface area contributed by atoms with E-state index in [-0.39, 0.29) is 29.8 Å². The molecule has 1 aromatic rings. The smallest absolute Gasteiger partial charge is 0.410 e. The highest BCUT2D eigenvalue weighted by atomic mass is 16.7. The second-order valence-electron chi connectivity index (χ2n) is 15.9. The van der Waals surface area contributed by atoms with Gasteiger partial charge in [-0.25, -0.2) is 4.79 Å². The van der Waals surface area contributed by atoms with Crippen molar-refractivity contribution in [3.05, 3.63) is 35.9 Å². The number of ether oxygens (including phenoxy) is 5. The Labute approximate surface area is 303 Å². The lowest BCUT2D eigenvalue weighted by Crippen LogP contribution is -2.60. The average Bonchev–Trinajstić information content (AvgIpc) is 3.21. The van der Waals surface area contributed by atoms with Crippen molar-refractivity contribution in [2.45, 2.75) is 129 Å². The molecule has 51 heavy (non-hydrogen) atoms. The van der Waals surface area contributed by atoms with E-state index in [1.54, 1.807) is 25.7 Å². The van der Waals surface area contributed by atoms with E-state index in [0.717, 1.165) is 11.3 Å². The molecule has 2 bridgehead atoms. The summed E-state index contributed by atoms with van der Waals surface area (Å²) in [7, 11) is 3.82. The summed E-state index contributed by atoms with van der Waals surface area (Å²) in [5.74, 6) is -3.57. The molecule has 0 spiro atoms. The van der Waals surface area contributed by atoms with E-state index in [2.05, 4.69) is 6.92 Å². The van der Waals surface area contributed by atoms with E-state index in [1.807, 2.05) is 70.1 Å². The number of cyclic esters (lactones) is 1. The van der Waals surface area contributed by atoms with Gasteiger partial charge in [0, 0.05) is 30.1 Å². The summed E-state index contributed by atoms with van der Waals surface area (Å²) in [6.07, 6.45) is -2.90. The molecule has 0 aromatic heterocycles. The van der Waals surface area contributed by atoms with Gasteiger partial charge in [0.15, 0.2) is 17.7 Å². The van der Waals surface area contributed by atoms with Gasteiger partial charge in [0.05, 0.1) is 37.0 Å². The lowest BCUT2D eigenvalue weighted by atomic mass is 9.73. The predicted molar refractivity (Wildman–Crippen MR) is 191 cm³/mol. The van der Waals surface area contributed by atoms with Crippen molar-refractivity contribution in [2.24, 2.45) is 28.7 Å². The lowest BCUT2D eigenvalue weighted by molar-refractivity contribution is -0.297. The number of fused-ring (bicyclic) bond motifs is 1. The normalized spacial score (nSPS) is 41.0. The zero-order valence-electron chi connectivity index (χ0n) is 32.0. The quantitative estimate of drug-likeness (QED) is 0.322. The Morgan fingerprint density at radius 3 is 2.37 bits per heavy atom. The fourth-order valence-electron chi connectivity index (χ4n) is 8.91. The Morgan fingerprint density at radius 1 is 1.02 bits per heavy atom. The van der Waals surface area contributed by atoms with Crippen LogP contribution in [0.2, 0.25) is 0 Å². The Kier molecular flexibility index (Phi) is 12.0. The van der Waals surface area contributed by atoms with Crippen molar-refractivity contribution in [3.8, 4) is 0 Å². The first-order chi connectivity index (χ1) is 24.0. The van der Waals surface area contributed by atoms with Gasteiger partial charge in [0.2, 0.25) is 0 Å². The average molecular weight is 714 g/mol. The molecule has 4 aliphatic rings. The van der Waals surface area contributed by atoms with E-state index in [9.17, 15) is 19.5 Å². The van der Waals surface area contributed by atoms with Crippen molar-refractivity contribution < 1.29 is 43.2 Å². The number of likely N-dealkylation sites (N-methyl/N-ethyl adjacent to an activating group) is 1. The molecule has 3 saturated heterocycles. The number of benzene rings is 1. The number of nitrogens with zero attached hydrogens (tertiary/aromatic N) is 3. The number of aliphatic imine (C=N–C) groups is 1. The van der Waals surface area contributed by atoms with Crippen LogP contribution < -0.4 is 0 Å². The van der Waals surface area contributed by atoms with Crippen LogP contribution in [0, 0.1) is 23.7 Å². The SMILES string of the molecule is C[C@H]1C(=O)O[C@H](C)[C@@]2(C)OC(=O)N3CCN=C([C@H](C)C[C@](C)(OCCc4ccccc4)[C@H](OC4O[C@@H](C)C[C@@H](N(C)C)[C@@H]4O)[C@@H](C)C1=O)[C@H](C)C32. The first-order valence-corrected chi connectivity index (χ1v) is 18.6.